The van der Waals surface area contributed by atoms with Crippen LogP contribution in [-0.2, 0) is 11.3 Å². The van der Waals surface area contributed by atoms with Gasteiger partial charge in [0.25, 0.3) is 0 Å². The molecule has 0 atom stereocenters. The van der Waals surface area contributed by atoms with E-state index >= 15 is 0 Å². The predicted octanol–water partition coefficient (Wildman–Crippen LogP) is 4.68. The fourth-order valence-corrected chi connectivity index (χ4v) is 3.21. The van der Waals surface area contributed by atoms with Crippen LogP contribution in [0.2, 0.25) is 0 Å². The summed E-state index contributed by atoms with van der Waals surface area (Å²) in [5.74, 6) is 1.34. The van der Waals surface area contributed by atoms with Crippen LogP contribution < -0.4 is 14.2 Å². The minimum absolute atomic E-state index is 0.189. The second-order valence-electron chi connectivity index (χ2n) is 6.82. The Morgan fingerprint density at radius 2 is 1.77 bits per heavy atom. The number of ether oxygens (including phenoxy) is 4. The van der Waals surface area contributed by atoms with E-state index in [9.17, 15) is 9.59 Å². The molecule has 6 heteroatoms. The summed E-state index contributed by atoms with van der Waals surface area (Å²) >= 11 is 0. The first-order chi connectivity index (χ1) is 15.1. The Morgan fingerprint density at radius 3 is 2.52 bits per heavy atom. The molecule has 1 aliphatic heterocycles. The van der Waals surface area contributed by atoms with Gasteiger partial charge in [-0.15, -0.1) is 0 Å². The summed E-state index contributed by atoms with van der Waals surface area (Å²) < 4.78 is 21.6. The van der Waals surface area contributed by atoms with Gasteiger partial charge < -0.3 is 18.9 Å². The first kappa shape index (κ1) is 20.2. The van der Waals surface area contributed by atoms with Gasteiger partial charge in [0.2, 0.25) is 5.78 Å². The van der Waals surface area contributed by atoms with E-state index < -0.39 is 0 Å². The molecule has 3 aromatic carbocycles. The van der Waals surface area contributed by atoms with Crippen LogP contribution in [0.1, 0.15) is 31.8 Å². The third-order valence-electron chi connectivity index (χ3n) is 4.85. The van der Waals surface area contributed by atoms with Crippen LogP contribution in [0.4, 0.5) is 0 Å². The third-order valence-corrected chi connectivity index (χ3v) is 4.85. The molecular weight excluding hydrogens is 396 g/mol. The highest BCUT2D eigenvalue weighted by atomic mass is 16.5. The van der Waals surface area contributed by atoms with Crippen LogP contribution in [0.3, 0.4) is 0 Å². The van der Waals surface area contributed by atoms with Gasteiger partial charge in [-0.25, -0.2) is 4.79 Å². The first-order valence-corrected chi connectivity index (χ1v) is 9.60. The highest BCUT2D eigenvalue weighted by Crippen LogP contribution is 2.35. The third kappa shape index (κ3) is 4.28. The van der Waals surface area contributed by atoms with Gasteiger partial charge in [0.1, 0.15) is 23.9 Å². The summed E-state index contributed by atoms with van der Waals surface area (Å²) in [6.07, 6.45) is 1.67. The monoisotopic (exact) mass is 416 g/mol. The highest BCUT2D eigenvalue weighted by molar-refractivity contribution is 6.14. The van der Waals surface area contributed by atoms with Crippen molar-refractivity contribution in [3.8, 4) is 17.2 Å². The number of methoxy groups -OCH3 is 2. The molecule has 1 heterocycles. The molecular formula is C25H20O6. The summed E-state index contributed by atoms with van der Waals surface area (Å²) in [4.78, 5) is 24.2. The van der Waals surface area contributed by atoms with Gasteiger partial charge in [0.05, 0.1) is 25.3 Å². The molecule has 156 valence electrons. The van der Waals surface area contributed by atoms with Crippen LogP contribution in [-0.4, -0.2) is 26.0 Å². The Morgan fingerprint density at radius 1 is 1.00 bits per heavy atom. The van der Waals surface area contributed by atoms with Gasteiger partial charge >= 0.3 is 5.97 Å². The molecule has 0 spiro atoms. The molecule has 0 bridgehead atoms. The zero-order chi connectivity index (χ0) is 21.8. The maximum atomic E-state index is 12.7. The lowest BCUT2D eigenvalue weighted by Crippen LogP contribution is -2.02. The van der Waals surface area contributed by atoms with E-state index in [0.29, 0.717) is 35.0 Å². The molecule has 1 aliphatic rings. The second kappa shape index (κ2) is 8.75. The van der Waals surface area contributed by atoms with Gasteiger partial charge in [-0.3, -0.25) is 4.79 Å². The van der Waals surface area contributed by atoms with E-state index in [2.05, 4.69) is 0 Å². The smallest absolute Gasteiger partial charge is 0.337 e. The zero-order valence-corrected chi connectivity index (χ0v) is 17.1. The Kier molecular flexibility index (Phi) is 5.71. The van der Waals surface area contributed by atoms with Crippen molar-refractivity contribution >= 4 is 17.8 Å². The molecule has 0 aliphatic carbocycles. The van der Waals surface area contributed by atoms with Gasteiger partial charge in [-0.05, 0) is 42.0 Å². The van der Waals surface area contributed by atoms with E-state index in [1.165, 1.54) is 7.11 Å². The number of hydrogen-bond donors (Lipinski definition) is 0. The molecule has 0 saturated heterocycles. The summed E-state index contributed by atoms with van der Waals surface area (Å²) in [6, 6.07) is 19.5. The van der Waals surface area contributed by atoms with Crippen LogP contribution in [0, 0.1) is 0 Å². The number of carbonyl (C=O) groups is 2. The van der Waals surface area contributed by atoms with Crippen LogP contribution >= 0.6 is 0 Å². The van der Waals surface area contributed by atoms with E-state index in [0.717, 1.165) is 11.1 Å². The number of allylic oxidation sites excluding steroid dienone is 1. The lowest BCUT2D eigenvalue weighted by molar-refractivity contribution is 0.0600. The van der Waals surface area contributed by atoms with Crippen molar-refractivity contribution in [3.63, 3.8) is 0 Å². The summed E-state index contributed by atoms with van der Waals surface area (Å²) in [5, 5.41) is 0. The van der Waals surface area contributed by atoms with Crippen molar-refractivity contribution in [1.29, 1.82) is 0 Å². The molecule has 3 aromatic rings. The average Bonchev–Trinajstić information content (AvgIpc) is 3.12. The molecule has 0 amide bonds. The normalized spacial score (nSPS) is 13.5. The molecule has 0 N–H and O–H groups in total. The molecule has 0 fully saturated rings. The Hall–Kier alpha value is -4.06. The number of hydrogen-bond acceptors (Lipinski definition) is 6. The van der Waals surface area contributed by atoms with E-state index in [1.54, 1.807) is 55.7 Å². The SMILES string of the molecule is COC(=O)c1ccc(COc2ccc3c(c2)O/C(=C/c2ccccc2OC)C3=O)cc1. The molecule has 0 aromatic heterocycles. The maximum Gasteiger partial charge on any atom is 0.337 e. The van der Waals surface area contributed by atoms with Crippen molar-refractivity contribution in [2.45, 2.75) is 6.61 Å². The van der Waals surface area contributed by atoms with Crippen molar-refractivity contribution in [3.05, 3.63) is 94.7 Å². The fourth-order valence-electron chi connectivity index (χ4n) is 3.21. The van der Waals surface area contributed by atoms with E-state index in [-0.39, 0.29) is 17.5 Å². The van der Waals surface area contributed by atoms with Crippen molar-refractivity contribution in [2.24, 2.45) is 0 Å². The number of carbonyl (C=O) groups excluding carboxylic acids is 2. The van der Waals surface area contributed by atoms with E-state index in [4.69, 9.17) is 18.9 Å². The number of rotatable bonds is 6. The number of benzene rings is 3. The fraction of sp³-hybridized carbons (Fsp3) is 0.120. The van der Waals surface area contributed by atoms with Crippen molar-refractivity contribution < 1.29 is 28.5 Å². The minimum atomic E-state index is -0.384. The second-order valence-corrected chi connectivity index (χ2v) is 6.82. The molecule has 0 unspecified atom stereocenters. The number of esters is 1. The van der Waals surface area contributed by atoms with E-state index in [1.807, 2.05) is 24.3 Å². The van der Waals surface area contributed by atoms with Gasteiger partial charge in [0.15, 0.2) is 5.76 Å². The number of para-hydroxylation sites is 1. The standard InChI is InChI=1S/C25H20O6/c1-28-21-6-4-3-5-18(21)13-23-24(26)20-12-11-19(14-22(20)31-23)30-15-16-7-9-17(10-8-16)25(27)29-2/h3-14H,15H2,1-2H3/b23-13+. The Balaban J connectivity index is 1.47. The Bertz CT molecular complexity index is 1160. The molecule has 0 saturated carbocycles. The quantitative estimate of drug-likeness (QED) is 0.429. The predicted molar refractivity (Wildman–Crippen MR) is 114 cm³/mol. The zero-order valence-electron chi connectivity index (χ0n) is 17.1. The Labute approximate surface area is 179 Å². The maximum absolute atomic E-state index is 12.7. The number of ketones is 1. The molecule has 6 nitrogen and oxygen atoms in total. The van der Waals surface area contributed by atoms with Crippen molar-refractivity contribution in [2.75, 3.05) is 14.2 Å². The molecule has 0 radical (unpaired) electrons. The van der Waals surface area contributed by atoms with Gasteiger partial charge in [0, 0.05) is 11.6 Å². The van der Waals surface area contributed by atoms with Crippen LogP contribution in [0.25, 0.3) is 6.08 Å². The summed E-state index contributed by atoms with van der Waals surface area (Å²) in [7, 11) is 2.92. The topological polar surface area (TPSA) is 71.1 Å². The van der Waals surface area contributed by atoms with Gasteiger partial charge in [-0.2, -0.15) is 0 Å². The first-order valence-electron chi connectivity index (χ1n) is 9.60. The lowest BCUT2D eigenvalue weighted by Gasteiger charge is -2.08. The number of fused-ring (bicyclic) bond motifs is 1. The van der Waals surface area contributed by atoms with Gasteiger partial charge in [-0.1, -0.05) is 30.3 Å². The molecule has 4 rings (SSSR count). The average molecular weight is 416 g/mol. The molecule has 31 heavy (non-hydrogen) atoms. The summed E-state index contributed by atoms with van der Waals surface area (Å²) in [6.45, 7) is 0.304. The largest absolute Gasteiger partial charge is 0.496 e. The van der Waals surface area contributed by atoms with Crippen molar-refractivity contribution in [1.82, 2.24) is 0 Å². The summed E-state index contributed by atoms with van der Waals surface area (Å²) in [5.41, 5.74) is 2.61. The number of Topliss-reactive ketones (excluding diaryl/α,β-unsaturated/α-hetero) is 1. The minimum Gasteiger partial charge on any atom is -0.496 e. The van der Waals surface area contributed by atoms with Crippen LogP contribution in [0.15, 0.2) is 72.5 Å². The van der Waals surface area contributed by atoms with Crippen LogP contribution in [0.5, 0.6) is 17.2 Å². The highest BCUT2D eigenvalue weighted by Gasteiger charge is 2.28. The lowest BCUT2D eigenvalue weighted by atomic mass is 10.1.